The number of thioether (sulfide) groups is 1. The number of carbonyl (C=O) groups excluding carboxylic acids is 1. The van der Waals surface area contributed by atoms with Crippen LogP contribution in [0.4, 0.5) is 22.0 Å². The molecule has 0 N–H and O–H groups in total. The Bertz CT molecular complexity index is 321. The highest BCUT2D eigenvalue weighted by molar-refractivity contribution is 8.00. The maximum Gasteiger partial charge on any atom is 0.453 e. The van der Waals surface area contributed by atoms with Crippen LogP contribution in [0.15, 0.2) is 0 Å². The second-order valence-corrected chi connectivity index (χ2v) is 6.22. The van der Waals surface area contributed by atoms with E-state index in [0.717, 1.165) is 31.0 Å². The third-order valence-corrected chi connectivity index (χ3v) is 4.34. The van der Waals surface area contributed by atoms with Crippen molar-refractivity contribution in [1.82, 2.24) is 0 Å². The largest absolute Gasteiger partial charge is 0.465 e. The molecule has 0 rings (SSSR count). The molecule has 0 saturated heterocycles. The third kappa shape index (κ3) is 8.19. The van der Waals surface area contributed by atoms with Crippen LogP contribution in [0.25, 0.3) is 0 Å². The number of carbonyl (C=O) groups is 1. The maximum absolute atomic E-state index is 12.8. The molecule has 8 heteroatoms. The number of alkyl halides is 5. The first-order valence-electron chi connectivity index (χ1n) is 7.38. The molecule has 0 aromatic rings. The van der Waals surface area contributed by atoms with Gasteiger partial charge in [0.05, 0.1) is 6.61 Å². The monoisotopic (exact) mass is 350 g/mol. The van der Waals surface area contributed by atoms with E-state index in [0.29, 0.717) is 6.42 Å². The fourth-order valence-corrected chi connectivity index (χ4v) is 2.88. The molecule has 2 nitrogen and oxygen atoms in total. The fraction of sp³-hybridized carbons (Fsp3) is 0.929. The molecule has 0 aliphatic carbocycles. The summed E-state index contributed by atoms with van der Waals surface area (Å²) in [6, 6.07) is 0. The summed E-state index contributed by atoms with van der Waals surface area (Å²) in [4.78, 5) is 11.7. The second-order valence-electron chi connectivity index (χ2n) is 4.91. The van der Waals surface area contributed by atoms with Gasteiger partial charge in [-0.1, -0.05) is 26.2 Å². The lowest BCUT2D eigenvalue weighted by molar-refractivity contribution is -0.284. The van der Waals surface area contributed by atoms with Crippen LogP contribution >= 0.6 is 11.8 Å². The van der Waals surface area contributed by atoms with Crippen LogP contribution in [0.2, 0.25) is 0 Å². The Hall–Kier alpha value is -0.530. The van der Waals surface area contributed by atoms with Gasteiger partial charge in [0.25, 0.3) is 0 Å². The molecule has 132 valence electrons. The standard InChI is InChI=1S/C14H23F5O2S/c1-3-5-6-8-11(12(20)21-4-2)22-10-7-9-13(15,16)14(17,18)19/h11H,3-10H2,1-2H3. The molecule has 0 aliphatic rings. The molecule has 0 saturated carbocycles. The molecule has 0 aromatic heterocycles. The Balaban J connectivity index is 4.25. The lowest BCUT2D eigenvalue weighted by atomic mass is 10.1. The molecule has 0 heterocycles. The zero-order valence-corrected chi connectivity index (χ0v) is 13.7. The average Bonchev–Trinajstić information content (AvgIpc) is 2.40. The minimum Gasteiger partial charge on any atom is -0.465 e. The second kappa shape index (κ2) is 10.3. The first-order chi connectivity index (χ1) is 10.2. The van der Waals surface area contributed by atoms with Gasteiger partial charge in [0, 0.05) is 6.42 Å². The smallest absolute Gasteiger partial charge is 0.453 e. The number of halogens is 5. The molecular weight excluding hydrogens is 327 g/mol. The van der Waals surface area contributed by atoms with Crippen molar-refractivity contribution >= 4 is 17.7 Å². The van der Waals surface area contributed by atoms with Crippen LogP contribution in [-0.2, 0) is 9.53 Å². The van der Waals surface area contributed by atoms with E-state index in [1.165, 1.54) is 0 Å². The van der Waals surface area contributed by atoms with E-state index in [4.69, 9.17) is 4.74 Å². The summed E-state index contributed by atoms with van der Waals surface area (Å²) >= 11 is 1.10. The van der Waals surface area contributed by atoms with E-state index in [1.807, 2.05) is 6.92 Å². The number of rotatable bonds is 11. The molecular formula is C14H23F5O2S. The quantitative estimate of drug-likeness (QED) is 0.291. The Morgan fingerprint density at radius 1 is 1.09 bits per heavy atom. The van der Waals surface area contributed by atoms with Gasteiger partial charge in [0.1, 0.15) is 5.25 Å². The van der Waals surface area contributed by atoms with Gasteiger partial charge in [-0.25, -0.2) is 0 Å². The highest BCUT2D eigenvalue weighted by Crippen LogP contribution is 2.39. The van der Waals surface area contributed by atoms with Crippen LogP contribution in [0.1, 0.15) is 52.4 Å². The first-order valence-corrected chi connectivity index (χ1v) is 8.43. The van der Waals surface area contributed by atoms with Crippen molar-refractivity contribution in [3.8, 4) is 0 Å². The van der Waals surface area contributed by atoms with Crippen molar-refractivity contribution in [2.75, 3.05) is 12.4 Å². The summed E-state index contributed by atoms with van der Waals surface area (Å²) in [5.41, 5.74) is 0. The van der Waals surface area contributed by atoms with E-state index in [9.17, 15) is 26.7 Å². The van der Waals surface area contributed by atoms with Crippen LogP contribution < -0.4 is 0 Å². The molecule has 0 fully saturated rings. The molecule has 0 spiro atoms. The minimum atomic E-state index is -5.51. The van der Waals surface area contributed by atoms with Gasteiger partial charge in [0.15, 0.2) is 0 Å². The maximum atomic E-state index is 12.8. The summed E-state index contributed by atoms with van der Waals surface area (Å²) < 4.78 is 66.5. The topological polar surface area (TPSA) is 26.3 Å². The minimum absolute atomic E-state index is 0.0707. The Labute approximate surface area is 132 Å². The number of unbranched alkanes of at least 4 members (excludes halogenated alkanes) is 2. The zero-order valence-electron chi connectivity index (χ0n) is 12.8. The summed E-state index contributed by atoms with van der Waals surface area (Å²) in [6.45, 7) is 3.89. The van der Waals surface area contributed by atoms with E-state index >= 15 is 0 Å². The van der Waals surface area contributed by atoms with Gasteiger partial charge in [-0.2, -0.15) is 22.0 Å². The first kappa shape index (κ1) is 21.5. The van der Waals surface area contributed by atoms with Gasteiger partial charge < -0.3 is 4.74 Å². The van der Waals surface area contributed by atoms with E-state index in [1.54, 1.807) is 6.92 Å². The molecule has 1 unspecified atom stereocenters. The van der Waals surface area contributed by atoms with Crippen LogP contribution in [0.3, 0.4) is 0 Å². The normalized spacial score (nSPS) is 14.0. The SMILES string of the molecule is CCCCCC(SCCCC(F)(F)C(F)(F)F)C(=O)OCC. The van der Waals surface area contributed by atoms with Crippen molar-refractivity contribution in [2.24, 2.45) is 0 Å². The molecule has 0 aliphatic heterocycles. The third-order valence-electron chi connectivity index (χ3n) is 2.99. The summed E-state index contributed by atoms with van der Waals surface area (Å²) in [5, 5.41) is -0.494. The Morgan fingerprint density at radius 2 is 1.73 bits per heavy atom. The highest BCUT2D eigenvalue weighted by Gasteiger charge is 2.56. The van der Waals surface area contributed by atoms with Crippen LogP contribution in [0.5, 0.6) is 0 Å². The van der Waals surface area contributed by atoms with Gasteiger partial charge in [-0.15, -0.1) is 11.8 Å². The highest BCUT2D eigenvalue weighted by atomic mass is 32.2. The van der Waals surface area contributed by atoms with Gasteiger partial charge in [-0.05, 0) is 25.5 Å². The van der Waals surface area contributed by atoms with E-state index < -0.39 is 29.7 Å². The average molecular weight is 350 g/mol. The van der Waals surface area contributed by atoms with Gasteiger partial charge in [-0.3, -0.25) is 4.79 Å². The fourth-order valence-electron chi connectivity index (χ4n) is 1.75. The molecule has 0 bridgehead atoms. The number of hydrogen-bond acceptors (Lipinski definition) is 3. The van der Waals surface area contributed by atoms with E-state index in [2.05, 4.69) is 0 Å². The summed E-state index contributed by atoms with van der Waals surface area (Å²) in [5.74, 6) is -5.03. The van der Waals surface area contributed by atoms with Crippen LogP contribution in [0, 0.1) is 0 Å². The van der Waals surface area contributed by atoms with Crippen molar-refractivity contribution in [2.45, 2.75) is 69.7 Å². The molecule has 0 amide bonds. The summed E-state index contributed by atoms with van der Waals surface area (Å²) in [6.07, 6.45) is -3.83. The number of hydrogen-bond donors (Lipinski definition) is 0. The predicted molar refractivity (Wildman–Crippen MR) is 77.3 cm³/mol. The van der Waals surface area contributed by atoms with Crippen molar-refractivity contribution < 1.29 is 31.5 Å². The van der Waals surface area contributed by atoms with E-state index in [-0.39, 0.29) is 18.8 Å². The van der Waals surface area contributed by atoms with Crippen molar-refractivity contribution in [3.63, 3.8) is 0 Å². The van der Waals surface area contributed by atoms with Crippen molar-refractivity contribution in [3.05, 3.63) is 0 Å². The number of ether oxygens (including phenoxy) is 1. The lowest BCUT2D eigenvalue weighted by Gasteiger charge is -2.20. The summed E-state index contributed by atoms with van der Waals surface area (Å²) in [7, 11) is 0. The zero-order chi connectivity index (χ0) is 17.2. The Kier molecular flexibility index (Phi) is 10.0. The van der Waals surface area contributed by atoms with Crippen molar-refractivity contribution in [1.29, 1.82) is 0 Å². The molecule has 22 heavy (non-hydrogen) atoms. The lowest BCUT2D eigenvalue weighted by Crippen LogP contribution is -2.36. The van der Waals surface area contributed by atoms with Gasteiger partial charge in [0.2, 0.25) is 0 Å². The number of esters is 1. The molecule has 0 aromatic carbocycles. The van der Waals surface area contributed by atoms with Crippen LogP contribution in [-0.4, -0.2) is 35.7 Å². The van der Waals surface area contributed by atoms with Gasteiger partial charge >= 0.3 is 18.1 Å². The molecule has 1 atom stereocenters. The predicted octanol–water partition coefficient (Wildman–Crippen LogP) is 5.21. The Morgan fingerprint density at radius 3 is 2.23 bits per heavy atom. The molecule has 0 radical (unpaired) electrons.